The maximum atomic E-state index is 13.1. The number of carbonyl (C=O) groups excluding carboxylic acids is 1. The van der Waals surface area contributed by atoms with Crippen molar-refractivity contribution in [2.45, 2.75) is 70.9 Å². The van der Waals surface area contributed by atoms with Crippen molar-refractivity contribution in [3.05, 3.63) is 95.8 Å². The molecule has 1 fully saturated rings. The molecule has 1 aliphatic heterocycles. The van der Waals surface area contributed by atoms with Crippen molar-refractivity contribution in [3.8, 4) is 5.75 Å². The molecule has 5 heteroatoms. The molecule has 3 aromatic carbocycles. The Bertz CT molecular complexity index is 1350. The van der Waals surface area contributed by atoms with Crippen molar-refractivity contribution in [3.63, 3.8) is 0 Å². The van der Waals surface area contributed by atoms with E-state index in [0.29, 0.717) is 25.5 Å². The number of imidazole rings is 1. The summed E-state index contributed by atoms with van der Waals surface area (Å²) in [5.41, 5.74) is 4.68. The fraction of sp³-hybridized carbons (Fsp3) is 0.394. The first-order chi connectivity index (χ1) is 18.5. The van der Waals surface area contributed by atoms with Gasteiger partial charge in [-0.2, -0.15) is 0 Å². The Morgan fingerprint density at radius 1 is 0.921 bits per heavy atom. The number of aromatic nitrogens is 2. The third-order valence-electron chi connectivity index (χ3n) is 8.06. The van der Waals surface area contributed by atoms with Crippen LogP contribution in [0, 0.1) is 0 Å². The molecule has 1 amide bonds. The molecular weight excluding hydrogens is 470 g/mol. The smallest absolute Gasteiger partial charge is 0.223 e. The van der Waals surface area contributed by atoms with Gasteiger partial charge in [0.1, 0.15) is 11.6 Å². The number of hydrogen-bond donors (Lipinski definition) is 0. The number of fused-ring (bicyclic) bond motifs is 1. The number of likely N-dealkylation sites (tertiary alicyclic amines) is 1. The number of hydrogen-bond acceptors (Lipinski definition) is 3. The highest BCUT2D eigenvalue weighted by Gasteiger charge is 2.36. The number of para-hydroxylation sites is 2. The number of ether oxygens (including phenoxy) is 1. The minimum absolute atomic E-state index is 0.0583. The monoisotopic (exact) mass is 509 g/mol. The lowest BCUT2D eigenvalue weighted by Crippen LogP contribution is -2.28. The van der Waals surface area contributed by atoms with E-state index < -0.39 is 0 Å². The Hall–Kier alpha value is -3.60. The molecule has 0 radical (unpaired) electrons. The average Bonchev–Trinajstić information content (AvgIpc) is 3.53. The van der Waals surface area contributed by atoms with E-state index in [1.165, 1.54) is 11.1 Å². The van der Waals surface area contributed by atoms with Crippen molar-refractivity contribution >= 4 is 16.9 Å². The van der Waals surface area contributed by atoms with Gasteiger partial charge < -0.3 is 14.2 Å². The zero-order valence-electron chi connectivity index (χ0n) is 22.8. The highest BCUT2D eigenvalue weighted by Crippen LogP contribution is 2.35. The van der Waals surface area contributed by atoms with Crippen LogP contribution in [0.3, 0.4) is 0 Å². The summed E-state index contributed by atoms with van der Waals surface area (Å²) in [5, 5.41) is 0. The first kappa shape index (κ1) is 26.0. The van der Waals surface area contributed by atoms with Crippen LogP contribution in [0.5, 0.6) is 5.75 Å². The summed E-state index contributed by atoms with van der Waals surface area (Å²) in [5.74, 6) is 2.85. The van der Waals surface area contributed by atoms with Crippen molar-refractivity contribution in [1.29, 1.82) is 0 Å². The Labute approximate surface area is 226 Å². The topological polar surface area (TPSA) is 47.4 Å². The molecule has 4 aromatic rings. The quantitative estimate of drug-likeness (QED) is 0.197. The second-order valence-corrected chi connectivity index (χ2v) is 10.6. The largest absolute Gasteiger partial charge is 0.494 e. The van der Waals surface area contributed by atoms with Gasteiger partial charge in [-0.25, -0.2) is 4.98 Å². The molecule has 3 atom stereocenters. The molecular formula is C33H39N3O2. The van der Waals surface area contributed by atoms with E-state index in [9.17, 15) is 4.79 Å². The second-order valence-electron chi connectivity index (χ2n) is 10.6. The van der Waals surface area contributed by atoms with E-state index in [0.717, 1.165) is 48.4 Å². The zero-order chi connectivity index (χ0) is 26.5. The van der Waals surface area contributed by atoms with E-state index in [1.54, 1.807) is 0 Å². The lowest BCUT2D eigenvalue weighted by molar-refractivity contribution is -0.129. The Balaban J connectivity index is 1.23. The summed E-state index contributed by atoms with van der Waals surface area (Å²) in [6.07, 6.45) is 3.60. The summed E-state index contributed by atoms with van der Waals surface area (Å²) in [6.45, 7) is 8.85. The van der Waals surface area contributed by atoms with E-state index in [4.69, 9.17) is 9.72 Å². The fourth-order valence-corrected chi connectivity index (χ4v) is 5.52. The maximum Gasteiger partial charge on any atom is 0.223 e. The van der Waals surface area contributed by atoms with Gasteiger partial charge in [-0.15, -0.1) is 0 Å². The van der Waals surface area contributed by atoms with Gasteiger partial charge in [0.2, 0.25) is 5.91 Å². The second kappa shape index (κ2) is 11.8. The van der Waals surface area contributed by atoms with Gasteiger partial charge in [-0.05, 0) is 67.5 Å². The van der Waals surface area contributed by atoms with Gasteiger partial charge in [0.25, 0.3) is 0 Å². The molecule has 1 aromatic heterocycles. The standard InChI is InChI=1S/C33H39N3O2/c1-4-24(2)26-16-18-29(19-17-26)38-21-11-10-20-35-31-15-9-8-14-30(31)34-33(35)28-22-32(37)36(23-28)25(3)27-12-6-5-7-13-27/h5-9,12-19,24-25,28H,4,10-11,20-23H2,1-3H3. The van der Waals surface area contributed by atoms with Crippen LogP contribution in [-0.4, -0.2) is 33.5 Å². The summed E-state index contributed by atoms with van der Waals surface area (Å²) in [6, 6.07) is 27.2. The van der Waals surface area contributed by atoms with Crippen LogP contribution in [0.15, 0.2) is 78.9 Å². The Kier molecular flexibility index (Phi) is 8.11. The lowest BCUT2D eigenvalue weighted by Gasteiger charge is -2.25. The van der Waals surface area contributed by atoms with Gasteiger partial charge in [0.05, 0.1) is 23.7 Å². The third kappa shape index (κ3) is 5.62. The van der Waals surface area contributed by atoms with Gasteiger partial charge in [-0.3, -0.25) is 4.79 Å². The van der Waals surface area contributed by atoms with E-state index in [2.05, 4.69) is 79.9 Å². The van der Waals surface area contributed by atoms with Crippen LogP contribution in [0.4, 0.5) is 0 Å². The number of rotatable bonds is 11. The van der Waals surface area contributed by atoms with E-state index in [-0.39, 0.29) is 17.9 Å². The summed E-state index contributed by atoms with van der Waals surface area (Å²) < 4.78 is 8.37. The molecule has 38 heavy (non-hydrogen) atoms. The fourth-order valence-electron chi connectivity index (χ4n) is 5.52. The van der Waals surface area contributed by atoms with Crippen LogP contribution >= 0.6 is 0 Å². The van der Waals surface area contributed by atoms with Crippen LogP contribution in [0.25, 0.3) is 11.0 Å². The highest BCUT2D eigenvalue weighted by atomic mass is 16.5. The SMILES string of the molecule is CCC(C)c1ccc(OCCCCn2c(C3CC(=O)N(C(C)c4ccccc4)C3)nc3ccccc32)cc1. The molecule has 2 heterocycles. The van der Waals surface area contributed by atoms with Gasteiger partial charge in [-0.1, -0.05) is 68.4 Å². The molecule has 3 unspecified atom stereocenters. The molecule has 1 saturated heterocycles. The highest BCUT2D eigenvalue weighted by molar-refractivity contribution is 5.81. The molecule has 5 nitrogen and oxygen atoms in total. The Morgan fingerprint density at radius 2 is 1.66 bits per heavy atom. The first-order valence-electron chi connectivity index (χ1n) is 14.1. The number of unbranched alkanes of at least 4 members (excludes halogenated alkanes) is 1. The van der Waals surface area contributed by atoms with E-state index in [1.807, 2.05) is 29.2 Å². The van der Waals surface area contributed by atoms with Crippen LogP contribution in [-0.2, 0) is 11.3 Å². The molecule has 0 spiro atoms. The van der Waals surface area contributed by atoms with Crippen molar-refractivity contribution in [2.24, 2.45) is 0 Å². The molecule has 1 aliphatic rings. The molecule has 5 rings (SSSR count). The first-order valence-corrected chi connectivity index (χ1v) is 14.1. The number of nitrogens with zero attached hydrogens (tertiary/aromatic N) is 3. The lowest BCUT2D eigenvalue weighted by atomic mass is 9.99. The summed E-state index contributed by atoms with van der Waals surface area (Å²) >= 11 is 0. The maximum absolute atomic E-state index is 13.1. The van der Waals surface area contributed by atoms with Crippen molar-refractivity contribution < 1.29 is 9.53 Å². The van der Waals surface area contributed by atoms with Gasteiger partial charge in [0.15, 0.2) is 0 Å². The molecule has 0 N–H and O–H groups in total. The number of carbonyl (C=O) groups is 1. The van der Waals surface area contributed by atoms with Crippen LogP contribution in [0.1, 0.15) is 81.3 Å². The number of benzene rings is 3. The minimum atomic E-state index is 0.0583. The average molecular weight is 510 g/mol. The van der Waals surface area contributed by atoms with Crippen molar-refractivity contribution in [2.75, 3.05) is 13.2 Å². The Morgan fingerprint density at radius 3 is 2.42 bits per heavy atom. The molecule has 198 valence electrons. The van der Waals surface area contributed by atoms with Gasteiger partial charge >= 0.3 is 0 Å². The third-order valence-corrected chi connectivity index (χ3v) is 8.06. The normalized spacial score (nSPS) is 17.2. The predicted molar refractivity (Wildman–Crippen MR) is 154 cm³/mol. The predicted octanol–water partition coefficient (Wildman–Crippen LogP) is 7.49. The zero-order valence-corrected chi connectivity index (χ0v) is 22.8. The molecule has 0 aliphatic carbocycles. The van der Waals surface area contributed by atoms with Crippen LogP contribution < -0.4 is 4.74 Å². The van der Waals surface area contributed by atoms with E-state index >= 15 is 0 Å². The van der Waals surface area contributed by atoms with Gasteiger partial charge in [0, 0.05) is 25.4 Å². The summed E-state index contributed by atoms with van der Waals surface area (Å²) in [7, 11) is 0. The minimum Gasteiger partial charge on any atom is -0.494 e. The van der Waals surface area contributed by atoms with Crippen LogP contribution in [0.2, 0.25) is 0 Å². The van der Waals surface area contributed by atoms with Crippen molar-refractivity contribution in [1.82, 2.24) is 14.5 Å². The molecule has 0 bridgehead atoms. The number of aryl methyl sites for hydroxylation is 1. The number of amides is 1. The summed E-state index contributed by atoms with van der Waals surface area (Å²) in [4.78, 5) is 20.1. The molecule has 0 saturated carbocycles.